The maximum atomic E-state index is 12.1. The van der Waals surface area contributed by atoms with Gasteiger partial charge in [-0.25, -0.2) is 4.79 Å². The second-order valence-corrected chi connectivity index (χ2v) is 6.79. The number of aryl methyl sites for hydroxylation is 1. The van der Waals surface area contributed by atoms with Crippen LogP contribution < -0.4 is 15.5 Å². The summed E-state index contributed by atoms with van der Waals surface area (Å²) in [6.45, 7) is 6.12. The molecule has 1 saturated heterocycles. The van der Waals surface area contributed by atoms with Crippen LogP contribution in [0.1, 0.15) is 5.56 Å². The quantitative estimate of drug-likeness (QED) is 0.870. The van der Waals surface area contributed by atoms with E-state index in [1.54, 1.807) is 6.07 Å². The Bertz CT molecular complexity index is 740. The van der Waals surface area contributed by atoms with Gasteiger partial charge in [-0.15, -0.1) is 0 Å². The van der Waals surface area contributed by atoms with E-state index in [9.17, 15) is 4.79 Å². The number of nitrogens with one attached hydrogen (secondary N) is 2. The zero-order valence-corrected chi connectivity index (χ0v) is 15.3. The minimum Gasteiger partial charge on any atom is -0.369 e. The second-order valence-electron chi connectivity index (χ2n) is 6.38. The number of likely N-dealkylation sites (N-methyl/N-ethyl adjacent to an activating group) is 1. The summed E-state index contributed by atoms with van der Waals surface area (Å²) in [4.78, 5) is 16.8. The molecule has 2 aromatic rings. The van der Waals surface area contributed by atoms with Crippen LogP contribution in [-0.4, -0.2) is 44.2 Å². The summed E-state index contributed by atoms with van der Waals surface area (Å²) < 4.78 is 0. The zero-order chi connectivity index (χ0) is 17.8. The predicted octanol–water partition coefficient (Wildman–Crippen LogP) is 4.04. The summed E-state index contributed by atoms with van der Waals surface area (Å²) in [6, 6.07) is 13.1. The van der Waals surface area contributed by atoms with E-state index in [1.807, 2.05) is 43.3 Å². The lowest BCUT2D eigenvalue weighted by molar-refractivity contribution is 0.262. The Morgan fingerprint density at radius 1 is 0.960 bits per heavy atom. The third-order valence-corrected chi connectivity index (χ3v) is 4.83. The van der Waals surface area contributed by atoms with Gasteiger partial charge in [-0.1, -0.05) is 17.7 Å². The largest absolute Gasteiger partial charge is 0.369 e. The number of hydrogen-bond acceptors (Lipinski definition) is 3. The molecule has 0 saturated carbocycles. The fourth-order valence-corrected chi connectivity index (χ4v) is 2.96. The zero-order valence-electron chi connectivity index (χ0n) is 14.6. The highest BCUT2D eigenvalue weighted by Gasteiger charge is 2.14. The van der Waals surface area contributed by atoms with Crippen LogP contribution in [-0.2, 0) is 0 Å². The van der Waals surface area contributed by atoms with E-state index in [2.05, 4.69) is 27.5 Å². The molecule has 1 aliphatic rings. The van der Waals surface area contributed by atoms with Crippen LogP contribution in [0.2, 0.25) is 5.02 Å². The van der Waals surface area contributed by atoms with E-state index < -0.39 is 0 Å². The molecule has 6 heteroatoms. The average molecular weight is 359 g/mol. The number of halogens is 1. The van der Waals surface area contributed by atoms with Gasteiger partial charge in [0.1, 0.15) is 0 Å². The lowest BCUT2D eigenvalue weighted by Gasteiger charge is -2.34. The molecule has 0 aromatic heterocycles. The number of urea groups is 1. The minimum absolute atomic E-state index is 0.285. The number of nitrogens with zero attached hydrogens (tertiary/aromatic N) is 2. The maximum absolute atomic E-state index is 12.1. The molecule has 0 bridgehead atoms. The highest BCUT2D eigenvalue weighted by atomic mass is 35.5. The number of benzene rings is 2. The van der Waals surface area contributed by atoms with E-state index in [0.717, 1.165) is 37.4 Å². The van der Waals surface area contributed by atoms with E-state index in [0.29, 0.717) is 10.7 Å². The third-order valence-electron chi connectivity index (χ3n) is 4.42. The van der Waals surface area contributed by atoms with Crippen molar-refractivity contribution in [3.05, 3.63) is 53.1 Å². The number of rotatable bonds is 3. The average Bonchev–Trinajstić information content (AvgIpc) is 2.60. The van der Waals surface area contributed by atoms with E-state index in [4.69, 9.17) is 11.6 Å². The van der Waals surface area contributed by atoms with Gasteiger partial charge in [0.15, 0.2) is 0 Å². The number of hydrogen-bond donors (Lipinski definition) is 2. The maximum Gasteiger partial charge on any atom is 0.323 e. The molecule has 2 N–H and O–H groups in total. The Morgan fingerprint density at radius 3 is 2.20 bits per heavy atom. The van der Waals surface area contributed by atoms with Crippen molar-refractivity contribution in [2.45, 2.75) is 6.92 Å². The van der Waals surface area contributed by atoms with Gasteiger partial charge >= 0.3 is 6.03 Å². The SMILES string of the molecule is Cc1ccc(NC(=O)Nc2ccc(N3CCN(C)CC3)cc2)cc1Cl. The Balaban J connectivity index is 1.57. The molecule has 132 valence electrons. The standard InChI is InChI=1S/C19H23ClN4O/c1-14-3-4-16(13-18(14)20)22-19(25)21-15-5-7-17(8-6-15)24-11-9-23(2)10-12-24/h3-8,13H,9-12H2,1-2H3,(H2,21,22,25). The van der Waals surface area contributed by atoms with Gasteiger partial charge in [0.2, 0.25) is 0 Å². The topological polar surface area (TPSA) is 47.6 Å². The number of anilines is 3. The van der Waals surface area contributed by atoms with Crippen LogP contribution in [0.25, 0.3) is 0 Å². The minimum atomic E-state index is -0.285. The van der Waals surface area contributed by atoms with Crippen molar-refractivity contribution in [3.63, 3.8) is 0 Å². The smallest absolute Gasteiger partial charge is 0.323 e. The molecule has 1 heterocycles. The first kappa shape index (κ1) is 17.6. The molecule has 0 aliphatic carbocycles. The van der Waals surface area contributed by atoms with E-state index in [-0.39, 0.29) is 6.03 Å². The van der Waals surface area contributed by atoms with Gasteiger partial charge in [0.25, 0.3) is 0 Å². The number of piperazine rings is 1. The fraction of sp³-hybridized carbons (Fsp3) is 0.316. The van der Waals surface area contributed by atoms with Gasteiger partial charge in [-0.3, -0.25) is 0 Å². The molecular formula is C19H23ClN4O. The molecule has 25 heavy (non-hydrogen) atoms. The van der Waals surface area contributed by atoms with Crippen molar-refractivity contribution < 1.29 is 4.79 Å². The molecule has 0 atom stereocenters. The summed E-state index contributed by atoms with van der Waals surface area (Å²) in [5, 5.41) is 6.27. The number of amides is 2. The van der Waals surface area contributed by atoms with Gasteiger partial charge in [0.05, 0.1) is 0 Å². The molecule has 0 spiro atoms. The van der Waals surface area contributed by atoms with Crippen LogP contribution in [0, 0.1) is 6.92 Å². The van der Waals surface area contributed by atoms with Gasteiger partial charge in [0, 0.05) is 48.3 Å². The molecule has 1 fully saturated rings. The molecule has 2 aromatic carbocycles. The normalized spacial score (nSPS) is 15.1. The van der Waals surface area contributed by atoms with Crippen molar-refractivity contribution in [3.8, 4) is 0 Å². The highest BCUT2D eigenvalue weighted by molar-refractivity contribution is 6.31. The summed E-state index contributed by atoms with van der Waals surface area (Å²) in [6.07, 6.45) is 0. The summed E-state index contributed by atoms with van der Waals surface area (Å²) in [7, 11) is 2.14. The van der Waals surface area contributed by atoms with Crippen molar-refractivity contribution in [1.29, 1.82) is 0 Å². The first-order valence-electron chi connectivity index (χ1n) is 8.39. The second kappa shape index (κ2) is 7.76. The van der Waals surface area contributed by atoms with Crippen molar-refractivity contribution in [2.75, 3.05) is 48.8 Å². The Kier molecular flexibility index (Phi) is 5.46. The molecule has 5 nitrogen and oxygen atoms in total. The van der Waals surface area contributed by atoms with Gasteiger partial charge in [-0.2, -0.15) is 0 Å². The van der Waals surface area contributed by atoms with Crippen LogP contribution in [0.3, 0.4) is 0 Å². The lowest BCUT2D eigenvalue weighted by atomic mass is 10.2. The van der Waals surface area contributed by atoms with Crippen LogP contribution in [0.4, 0.5) is 21.9 Å². The fourth-order valence-electron chi connectivity index (χ4n) is 2.78. The molecule has 0 unspecified atom stereocenters. The van der Waals surface area contributed by atoms with E-state index in [1.165, 1.54) is 5.69 Å². The Labute approximate surface area is 153 Å². The summed E-state index contributed by atoms with van der Waals surface area (Å²) in [5.74, 6) is 0. The molecule has 1 aliphatic heterocycles. The Morgan fingerprint density at radius 2 is 1.56 bits per heavy atom. The highest BCUT2D eigenvalue weighted by Crippen LogP contribution is 2.21. The molecule has 2 amide bonds. The summed E-state index contributed by atoms with van der Waals surface area (Å²) >= 11 is 6.08. The lowest BCUT2D eigenvalue weighted by Crippen LogP contribution is -2.44. The van der Waals surface area contributed by atoms with Crippen molar-refractivity contribution in [2.24, 2.45) is 0 Å². The van der Waals surface area contributed by atoms with Gasteiger partial charge < -0.3 is 20.4 Å². The monoisotopic (exact) mass is 358 g/mol. The van der Waals surface area contributed by atoms with Crippen molar-refractivity contribution >= 4 is 34.7 Å². The third kappa shape index (κ3) is 4.65. The van der Waals surface area contributed by atoms with Crippen LogP contribution in [0.15, 0.2) is 42.5 Å². The first-order valence-corrected chi connectivity index (χ1v) is 8.77. The van der Waals surface area contributed by atoms with Gasteiger partial charge in [-0.05, 0) is 55.9 Å². The number of carbonyl (C=O) groups excluding carboxylic acids is 1. The summed E-state index contributed by atoms with van der Waals surface area (Å²) in [5.41, 5.74) is 3.59. The Hall–Kier alpha value is -2.24. The van der Waals surface area contributed by atoms with Crippen LogP contribution in [0.5, 0.6) is 0 Å². The first-order chi connectivity index (χ1) is 12.0. The van der Waals surface area contributed by atoms with Crippen LogP contribution >= 0.6 is 11.6 Å². The number of carbonyl (C=O) groups is 1. The van der Waals surface area contributed by atoms with E-state index >= 15 is 0 Å². The molecular weight excluding hydrogens is 336 g/mol. The predicted molar refractivity (Wildman–Crippen MR) is 105 cm³/mol. The van der Waals surface area contributed by atoms with Crippen molar-refractivity contribution in [1.82, 2.24) is 4.90 Å². The molecule has 0 radical (unpaired) electrons. The molecule has 3 rings (SSSR count).